The highest BCUT2D eigenvalue weighted by molar-refractivity contribution is 9.10. The van der Waals surface area contributed by atoms with E-state index in [-0.39, 0.29) is 11.8 Å². The summed E-state index contributed by atoms with van der Waals surface area (Å²) in [6, 6.07) is 1.53. The third kappa shape index (κ3) is 1.86. The molecule has 0 radical (unpaired) electrons. The van der Waals surface area contributed by atoms with E-state index in [1.165, 1.54) is 7.11 Å². The Bertz CT molecular complexity index is 350. The maximum atomic E-state index is 9.83. The minimum absolute atomic E-state index is 0.111. The van der Waals surface area contributed by atoms with Crippen molar-refractivity contribution in [2.24, 2.45) is 5.73 Å². The van der Waals surface area contributed by atoms with Crippen LogP contribution < -0.4 is 10.5 Å². The molecular weight excluding hydrogens is 246 g/mol. The molecule has 1 atom stereocenters. The van der Waals surface area contributed by atoms with Crippen LogP contribution in [0.2, 0.25) is 0 Å². The molecule has 0 spiro atoms. The predicted molar refractivity (Wildman–Crippen MR) is 59.7 cm³/mol. The fourth-order valence-electron chi connectivity index (χ4n) is 1.35. The number of aryl methyl sites for hydroxylation is 1. The fourth-order valence-corrected chi connectivity index (χ4v) is 2.01. The second kappa shape index (κ2) is 4.19. The highest BCUT2D eigenvalue weighted by Gasteiger charge is 2.17. The van der Waals surface area contributed by atoms with Gasteiger partial charge in [0.25, 0.3) is 0 Å². The number of aromatic hydroxyl groups is 1. The lowest BCUT2D eigenvalue weighted by Gasteiger charge is -2.15. The normalized spacial score (nSPS) is 12.6. The zero-order chi connectivity index (χ0) is 10.9. The van der Waals surface area contributed by atoms with Gasteiger partial charge in [-0.15, -0.1) is 0 Å². The first-order chi connectivity index (χ1) is 6.49. The van der Waals surface area contributed by atoms with Gasteiger partial charge in [-0.05, 0) is 25.5 Å². The molecule has 0 bridgehead atoms. The van der Waals surface area contributed by atoms with Crippen molar-refractivity contribution < 1.29 is 9.84 Å². The van der Waals surface area contributed by atoms with Crippen LogP contribution in [0.15, 0.2) is 10.5 Å². The Morgan fingerprint density at radius 3 is 2.57 bits per heavy atom. The summed E-state index contributed by atoms with van der Waals surface area (Å²) in [5.74, 6) is 0.568. The Morgan fingerprint density at radius 2 is 2.14 bits per heavy atom. The van der Waals surface area contributed by atoms with Crippen LogP contribution in [0.3, 0.4) is 0 Å². The molecule has 1 unspecified atom stereocenters. The van der Waals surface area contributed by atoms with Crippen LogP contribution in [0.25, 0.3) is 0 Å². The van der Waals surface area contributed by atoms with Gasteiger partial charge in [-0.3, -0.25) is 0 Å². The molecule has 3 nitrogen and oxygen atoms in total. The molecule has 0 amide bonds. The summed E-state index contributed by atoms with van der Waals surface area (Å²) >= 11 is 3.40. The summed E-state index contributed by atoms with van der Waals surface area (Å²) in [5.41, 5.74) is 7.44. The first-order valence-electron chi connectivity index (χ1n) is 4.30. The van der Waals surface area contributed by atoms with E-state index in [0.29, 0.717) is 11.3 Å². The SMILES string of the molecule is COc1cc(C)c(Br)c(C(C)N)c1O. The van der Waals surface area contributed by atoms with Crippen LogP contribution in [0.4, 0.5) is 0 Å². The van der Waals surface area contributed by atoms with E-state index in [1.807, 2.05) is 13.8 Å². The van der Waals surface area contributed by atoms with Crippen LogP contribution in [0.5, 0.6) is 11.5 Å². The summed E-state index contributed by atoms with van der Waals surface area (Å²) in [6.45, 7) is 3.75. The average Bonchev–Trinajstić information content (AvgIpc) is 2.11. The van der Waals surface area contributed by atoms with Gasteiger partial charge in [-0.1, -0.05) is 15.9 Å². The van der Waals surface area contributed by atoms with Crippen molar-refractivity contribution in [2.75, 3.05) is 7.11 Å². The fraction of sp³-hybridized carbons (Fsp3) is 0.400. The topological polar surface area (TPSA) is 55.5 Å². The van der Waals surface area contributed by atoms with Crippen LogP contribution in [-0.4, -0.2) is 12.2 Å². The Morgan fingerprint density at radius 1 is 1.57 bits per heavy atom. The lowest BCUT2D eigenvalue weighted by atomic mass is 10.0. The molecule has 0 aliphatic carbocycles. The second-order valence-electron chi connectivity index (χ2n) is 3.26. The largest absolute Gasteiger partial charge is 0.504 e. The third-order valence-electron chi connectivity index (χ3n) is 2.09. The second-order valence-corrected chi connectivity index (χ2v) is 4.05. The number of hydrogen-bond acceptors (Lipinski definition) is 3. The van der Waals surface area contributed by atoms with Crippen LogP contribution in [0, 0.1) is 6.92 Å². The average molecular weight is 260 g/mol. The summed E-state index contributed by atoms with van der Waals surface area (Å²) in [4.78, 5) is 0. The number of benzene rings is 1. The quantitative estimate of drug-likeness (QED) is 0.858. The first kappa shape index (κ1) is 11.3. The number of hydrogen-bond donors (Lipinski definition) is 2. The van der Waals surface area contributed by atoms with Crippen molar-refractivity contribution in [3.63, 3.8) is 0 Å². The lowest BCUT2D eigenvalue weighted by Crippen LogP contribution is -2.07. The number of nitrogens with two attached hydrogens (primary N) is 1. The molecule has 1 aromatic rings. The molecule has 0 fully saturated rings. The third-order valence-corrected chi connectivity index (χ3v) is 3.15. The highest BCUT2D eigenvalue weighted by atomic mass is 79.9. The van der Waals surface area contributed by atoms with Gasteiger partial charge < -0.3 is 15.6 Å². The van der Waals surface area contributed by atoms with Crippen molar-refractivity contribution in [3.8, 4) is 11.5 Å². The van der Waals surface area contributed by atoms with E-state index in [2.05, 4.69) is 15.9 Å². The van der Waals surface area contributed by atoms with Gasteiger partial charge in [0.1, 0.15) is 0 Å². The molecule has 0 aromatic heterocycles. The van der Waals surface area contributed by atoms with Crippen LogP contribution >= 0.6 is 15.9 Å². The van der Waals surface area contributed by atoms with Crippen molar-refractivity contribution in [1.82, 2.24) is 0 Å². The maximum absolute atomic E-state index is 9.83. The van der Waals surface area contributed by atoms with Gasteiger partial charge in [-0.2, -0.15) is 0 Å². The van der Waals surface area contributed by atoms with Crippen LogP contribution in [-0.2, 0) is 0 Å². The lowest BCUT2D eigenvalue weighted by molar-refractivity contribution is 0.368. The Hall–Kier alpha value is -0.740. The number of methoxy groups -OCH3 is 1. The standard InChI is InChI=1S/C10H14BrNO2/c1-5-4-7(14-3)10(13)8(6(2)12)9(5)11/h4,6,13H,12H2,1-3H3. The molecule has 0 aliphatic rings. The minimum atomic E-state index is -0.238. The van der Waals surface area contributed by atoms with Crippen molar-refractivity contribution in [3.05, 3.63) is 21.7 Å². The first-order valence-corrected chi connectivity index (χ1v) is 5.09. The molecule has 4 heteroatoms. The predicted octanol–water partition coefficient (Wildman–Crippen LogP) is 2.49. The van der Waals surface area contributed by atoms with E-state index in [1.54, 1.807) is 6.07 Å². The molecule has 0 aliphatic heterocycles. The van der Waals surface area contributed by atoms with E-state index in [0.717, 1.165) is 10.0 Å². The van der Waals surface area contributed by atoms with E-state index in [4.69, 9.17) is 10.5 Å². The van der Waals surface area contributed by atoms with Crippen molar-refractivity contribution in [1.29, 1.82) is 0 Å². The number of phenols is 1. The van der Waals surface area contributed by atoms with E-state index in [9.17, 15) is 5.11 Å². The number of phenolic OH excluding ortho intramolecular Hbond substituents is 1. The number of halogens is 1. The van der Waals surface area contributed by atoms with Gasteiger partial charge in [0, 0.05) is 16.1 Å². The molecular formula is C10H14BrNO2. The molecule has 3 N–H and O–H groups in total. The molecule has 0 saturated heterocycles. The van der Waals surface area contributed by atoms with E-state index >= 15 is 0 Å². The Balaban J connectivity index is 3.45. The highest BCUT2D eigenvalue weighted by Crippen LogP contribution is 2.40. The summed E-state index contributed by atoms with van der Waals surface area (Å²) in [7, 11) is 1.52. The molecule has 1 aromatic carbocycles. The van der Waals surface area contributed by atoms with Gasteiger partial charge in [0.2, 0.25) is 0 Å². The van der Waals surface area contributed by atoms with Crippen LogP contribution in [0.1, 0.15) is 24.1 Å². The zero-order valence-corrected chi connectivity index (χ0v) is 10.1. The van der Waals surface area contributed by atoms with Gasteiger partial charge in [0.05, 0.1) is 7.11 Å². The summed E-state index contributed by atoms with van der Waals surface area (Å²) in [6.07, 6.45) is 0. The smallest absolute Gasteiger partial charge is 0.163 e. The van der Waals surface area contributed by atoms with E-state index < -0.39 is 0 Å². The van der Waals surface area contributed by atoms with Gasteiger partial charge >= 0.3 is 0 Å². The number of ether oxygens (including phenoxy) is 1. The monoisotopic (exact) mass is 259 g/mol. The molecule has 1 rings (SSSR count). The van der Waals surface area contributed by atoms with Crippen molar-refractivity contribution >= 4 is 15.9 Å². The molecule has 0 saturated carbocycles. The Labute approximate surface area is 92.0 Å². The number of rotatable bonds is 2. The zero-order valence-electron chi connectivity index (χ0n) is 8.47. The maximum Gasteiger partial charge on any atom is 0.163 e. The van der Waals surface area contributed by atoms with Crippen molar-refractivity contribution in [2.45, 2.75) is 19.9 Å². The summed E-state index contributed by atoms with van der Waals surface area (Å²) in [5, 5.41) is 9.83. The summed E-state index contributed by atoms with van der Waals surface area (Å²) < 4.78 is 5.88. The van der Waals surface area contributed by atoms with Gasteiger partial charge in [-0.25, -0.2) is 0 Å². The minimum Gasteiger partial charge on any atom is -0.504 e. The molecule has 14 heavy (non-hydrogen) atoms. The Kier molecular flexibility index (Phi) is 3.39. The molecule has 0 heterocycles. The van der Waals surface area contributed by atoms with Gasteiger partial charge in [0.15, 0.2) is 11.5 Å². The molecule has 78 valence electrons.